The van der Waals surface area contributed by atoms with Gasteiger partial charge in [-0.25, -0.2) is 0 Å². The van der Waals surface area contributed by atoms with Crippen molar-refractivity contribution in [3.8, 4) is 0 Å². The van der Waals surface area contributed by atoms with Crippen molar-refractivity contribution < 1.29 is 9.53 Å². The molecule has 0 spiro atoms. The largest absolute Gasteiger partial charge is 0.466 e. The first kappa shape index (κ1) is 12.9. The Labute approximate surface area is 86.6 Å². The minimum Gasteiger partial charge on any atom is -0.466 e. The fourth-order valence-electron chi connectivity index (χ4n) is 1.13. The summed E-state index contributed by atoms with van der Waals surface area (Å²) in [7, 11) is 0. The van der Waals surface area contributed by atoms with Crippen LogP contribution in [0, 0.1) is 11.8 Å². The van der Waals surface area contributed by atoms with E-state index in [1.807, 2.05) is 0 Å². The maximum Gasteiger partial charge on any atom is 0.302 e. The summed E-state index contributed by atoms with van der Waals surface area (Å²) in [6.45, 7) is 12.0. The second-order valence-corrected chi connectivity index (χ2v) is 3.51. The number of allylic oxidation sites excluding steroid dienone is 3. The lowest BCUT2D eigenvalue weighted by Crippen LogP contribution is -1.98. The highest BCUT2D eigenvalue weighted by Crippen LogP contribution is 2.27. The van der Waals surface area contributed by atoms with Crippen LogP contribution in [0.15, 0.2) is 24.3 Å². The van der Waals surface area contributed by atoms with Gasteiger partial charge in [0.25, 0.3) is 0 Å². The van der Waals surface area contributed by atoms with Crippen molar-refractivity contribution in [3.05, 3.63) is 24.3 Å². The molecule has 0 saturated carbocycles. The number of carbonyl (C=O) groups is 1. The Kier molecular flexibility index (Phi) is 5.93. The lowest BCUT2D eigenvalue weighted by molar-refractivity contribution is -0.140. The van der Waals surface area contributed by atoms with E-state index in [-0.39, 0.29) is 5.97 Å². The zero-order valence-corrected chi connectivity index (χ0v) is 9.54. The number of carbonyl (C=O) groups excluding carboxylic acids is 1. The van der Waals surface area contributed by atoms with Crippen LogP contribution < -0.4 is 0 Å². The molecule has 0 aromatic heterocycles. The Morgan fingerprint density at radius 1 is 1.57 bits per heavy atom. The van der Waals surface area contributed by atoms with Gasteiger partial charge in [0.1, 0.15) is 0 Å². The molecule has 0 aromatic rings. The highest BCUT2D eigenvalue weighted by atomic mass is 16.5. The second-order valence-electron chi connectivity index (χ2n) is 3.51. The number of esters is 1. The maximum absolute atomic E-state index is 9.82. The highest BCUT2D eigenvalue weighted by Gasteiger charge is 2.15. The lowest BCUT2D eigenvalue weighted by Gasteiger charge is -2.07. The smallest absolute Gasteiger partial charge is 0.302 e. The van der Waals surface area contributed by atoms with E-state index in [4.69, 9.17) is 0 Å². The van der Waals surface area contributed by atoms with Gasteiger partial charge in [-0.2, -0.15) is 0 Å². The average molecular weight is 196 g/mol. The summed E-state index contributed by atoms with van der Waals surface area (Å²) < 4.78 is 4.40. The quantitative estimate of drug-likeness (QED) is 0.603. The van der Waals surface area contributed by atoms with Crippen molar-refractivity contribution >= 4 is 5.97 Å². The average Bonchev–Trinajstić information content (AvgIpc) is 2.37. The molecule has 0 N–H and O–H groups in total. The third kappa shape index (κ3) is 4.85. The summed E-state index contributed by atoms with van der Waals surface area (Å²) in [5.41, 5.74) is 1.28. The second kappa shape index (κ2) is 6.41. The number of rotatable bonds is 1. The predicted molar refractivity (Wildman–Crippen MR) is 58.9 cm³/mol. The molecule has 0 radical (unpaired) electrons. The Balaban J connectivity index is 0.000000255. The fraction of sp³-hybridized carbons (Fsp3) is 0.583. The first-order valence-corrected chi connectivity index (χ1v) is 4.99. The molecular weight excluding hydrogens is 176 g/mol. The molecule has 1 aliphatic rings. The molecule has 0 aromatic carbocycles. The summed E-state index contributed by atoms with van der Waals surface area (Å²) in [4.78, 5) is 9.82. The summed E-state index contributed by atoms with van der Waals surface area (Å²) in [6, 6.07) is 0. The Bertz CT molecular complexity index is 228. The SMILES string of the molecule is C=C1C=CC(C)C1C.CCOC(C)=O. The van der Waals surface area contributed by atoms with Gasteiger partial charge in [0.05, 0.1) is 6.61 Å². The van der Waals surface area contributed by atoms with Gasteiger partial charge in [0, 0.05) is 6.92 Å². The monoisotopic (exact) mass is 196 g/mol. The van der Waals surface area contributed by atoms with Gasteiger partial charge >= 0.3 is 5.97 Å². The Morgan fingerprint density at radius 3 is 2.21 bits per heavy atom. The molecular formula is C12H20O2. The molecule has 0 bridgehead atoms. The van der Waals surface area contributed by atoms with Crippen LogP contribution in [0.2, 0.25) is 0 Å². The van der Waals surface area contributed by atoms with Gasteiger partial charge in [-0.3, -0.25) is 4.79 Å². The third-order valence-electron chi connectivity index (χ3n) is 2.34. The number of ether oxygens (including phenoxy) is 1. The normalized spacial score (nSPS) is 24.1. The summed E-state index contributed by atoms with van der Waals surface area (Å²) in [5, 5.41) is 0. The molecule has 2 nitrogen and oxygen atoms in total. The standard InChI is InChI=1S/C8H12.C4H8O2/c1-6-4-5-7(2)8(6)3;1-3-6-4(2)5/h4-5,7-8H,1H2,2-3H3;3H2,1-2H3. The molecule has 2 atom stereocenters. The van der Waals surface area contributed by atoms with Gasteiger partial charge in [0.15, 0.2) is 0 Å². The molecule has 2 heteroatoms. The van der Waals surface area contributed by atoms with Crippen molar-refractivity contribution in [3.63, 3.8) is 0 Å². The van der Waals surface area contributed by atoms with E-state index in [9.17, 15) is 4.79 Å². The van der Waals surface area contributed by atoms with Crippen LogP contribution in [0.4, 0.5) is 0 Å². The number of hydrogen-bond donors (Lipinski definition) is 0. The van der Waals surface area contributed by atoms with Gasteiger partial charge < -0.3 is 4.74 Å². The zero-order valence-electron chi connectivity index (χ0n) is 9.54. The lowest BCUT2D eigenvalue weighted by atomic mass is 9.97. The van der Waals surface area contributed by atoms with Crippen molar-refractivity contribution in [2.75, 3.05) is 6.61 Å². The first-order valence-electron chi connectivity index (χ1n) is 4.99. The Morgan fingerprint density at radius 2 is 2.14 bits per heavy atom. The van der Waals surface area contributed by atoms with Crippen LogP contribution in [0.1, 0.15) is 27.7 Å². The third-order valence-corrected chi connectivity index (χ3v) is 2.34. The van der Waals surface area contributed by atoms with Crippen LogP contribution in [0.5, 0.6) is 0 Å². The van der Waals surface area contributed by atoms with E-state index in [2.05, 4.69) is 37.3 Å². The summed E-state index contributed by atoms with van der Waals surface area (Å²) >= 11 is 0. The van der Waals surface area contributed by atoms with E-state index in [0.29, 0.717) is 18.4 Å². The summed E-state index contributed by atoms with van der Waals surface area (Å²) in [6.07, 6.45) is 4.34. The van der Waals surface area contributed by atoms with Crippen molar-refractivity contribution in [2.24, 2.45) is 11.8 Å². The van der Waals surface area contributed by atoms with Gasteiger partial charge in [-0.05, 0) is 18.8 Å². The van der Waals surface area contributed by atoms with Gasteiger partial charge in [0.2, 0.25) is 0 Å². The Hall–Kier alpha value is -1.05. The minimum absolute atomic E-state index is 0.211. The predicted octanol–water partition coefficient (Wildman–Crippen LogP) is 2.95. The molecule has 1 aliphatic carbocycles. The molecule has 0 amide bonds. The van der Waals surface area contributed by atoms with E-state index < -0.39 is 0 Å². The minimum atomic E-state index is -0.211. The molecule has 0 fully saturated rings. The van der Waals surface area contributed by atoms with Gasteiger partial charge in [-0.1, -0.05) is 38.2 Å². The van der Waals surface area contributed by atoms with E-state index in [0.717, 1.165) is 0 Å². The molecule has 0 saturated heterocycles. The molecule has 0 aliphatic heterocycles. The summed E-state index contributed by atoms with van der Waals surface area (Å²) in [5.74, 6) is 1.18. The van der Waals surface area contributed by atoms with Crippen molar-refractivity contribution in [1.29, 1.82) is 0 Å². The molecule has 2 unspecified atom stereocenters. The van der Waals surface area contributed by atoms with E-state index in [1.54, 1.807) is 6.92 Å². The van der Waals surface area contributed by atoms with Crippen molar-refractivity contribution in [1.82, 2.24) is 0 Å². The van der Waals surface area contributed by atoms with Gasteiger partial charge in [-0.15, -0.1) is 0 Å². The molecule has 1 rings (SSSR count). The fourth-order valence-corrected chi connectivity index (χ4v) is 1.13. The molecule has 80 valence electrons. The van der Waals surface area contributed by atoms with Crippen molar-refractivity contribution in [2.45, 2.75) is 27.7 Å². The van der Waals surface area contributed by atoms with E-state index >= 15 is 0 Å². The molecule has 0 heterocycles. The molecule has 14 heavy (non-hydrogen) atoms. The van der Waals surface area contributed by atoms with Crippen LogP contribution in [0.25, 0.3) is 0 Å². The van der Waals surface area contributed by atoms with Crippen LogP contribution in [0.3, 0.4) is 0 Å². The van der Waals surface area contributed by atoms with Crippen LogP contribution in [-0.2, 0) is 9.53 Å². The number of hydrogen-bond acceptors (Lipinski definition) is 2. The zero-order chi connectivity index (χ0) is 11.1. The topological polar surface area (TPSA) is 26.3 Å². The first-order chi connectivity index (χ1) is 6.49. The van der Waals surface area contributed by atoms with Crippen LogP contribution >= 0.6 is 0 Å². The van der Waals surface area contributed by atoms with Crippen LogP contribution in [-0.4, -0.2) is 12.6 Å². The maximum atomic E-state index is 9.82. The highest BCUT2D eigenvalue weighted by molar-refractivity contribution is 5.65. The van der Waals surface area contributed by atoms with E-state index in [1.165, 1.54) is 12.5 Å².